The normalized spacial score (nSPS) is 23.0. The van der Waals surface area contributed by atoms with Gasteiger partial charge in [0.25, 0.3) is 0 Å². The Morgan fingerprint density at radius 3 is 2.76 bits per heavy atom. The highest BCUT2D eigenvalue weighted by Gasteiger charge is 2.49. The van der Waals surface area contributed by atoms with Gasteiger partial charge in [0.15, 0.2) is 0 Å². The smallest absolute Gasteiger partial charge is 0.248 e. The zero-order valence-electron chi connectivity index (χ0n) is 11.3. The van der Waals surface area contributed by atoms with Crippen molar-refractivity contribution in [2.24, 2.45) is 11.5 Å². The Morgan fingerprint density at radius 2 is 2.29 bits per heavy atom. The summed E-state index contributed by atoms with van der Waals surface area (Å²) in [6.07, 6.45) is 3.99. The Labute approximate surface area is 128 Å². The molecule has 1 heterocycles. The molecule has 0 spiro atoms. The third kappa shape index (κ3) is 2.14. The van der Waals surface area contributed by atoms with Crippen molar-refractivity contribution in [3.63, 3.8) is 0 Å². The number of hydrogen-bond acceptors (Lipinski definition) is 4. The Bertz CT molecular complexity index is 677. The van der Waals surface area contributed by atoms with E-state index in [1.165, 1.54) is 18.5 Å². The van der Waals surface area contributed by atoms with Crippen LogP contribution in [0.2, 0.25) is 5.02 Å². The molecule has 0 radical (unpaired) electrons. The molecule has 1 aromatic carbocycles. The predicted octanol–water partition coefficient (Wildman–Crippen LogP) is 1.93. The monoisotopic (exact) mass is 302 g/mol. The molecule has 5 nitrogen and oxygen atoms in total. The molecule has 0 aromatic heterocycles. The van der Waals surface area contributed by atoms with Crippen LogP contribution in [0.25, 0.3) is 0 Å². The molecule has 21 heavy (non-hydrogen) atoms. The van der Waals surface area contributed by atoms with Gasteiger partial charge in [-0.15, -0.1) is 0 Å². The van der Waals surface area contributed by atoms with Crippen LogP contribution < -0.4 is 11.5 Å². The van der Waals surface area contributed by atoms with Gasteiger partial charge < -0.3 is 16.4 Å². The SMILES string of the molecule is C=CN1/C(=C\N)CCC1(C(N)=O)c1ccc(C#N)cc1Cl. The predicted molar refractivity (Wildman–Crippen MR) is 80.6 cm³/mol. The molecule has 2 rings (SSSR count). The van der Waals surface area contributed by atoms with E-state index >= 15 is 0 Å². The van der Waals surface area contributed by atoms with E-state index in [0.29, 0.717) is 29.0 Å². The average molecular weight is 303 g/mol. The van der Waals surface area contributed by atoms with Crippen molar-refractivity contribution < 1.29 is 4.79 Å². The van der Waals surface area contributed by atoms with Gasteiger partial charge in [0, 0.05) is 22.5 Å². The van der Waals surface area contributed by atoms with Crippen molar-refractivity contribution in [3.8, 4) is 6.07 Å². The van der Waals surface area contributed by atoms with Crippen molar-refractivity contribution >= 4 is 17.5 Å². The summed E-state index contributed by atoms with van der Waals surface area (Å²) in [5, 5.41) is 9.23. The van der Waals surface area contributed by atoms with Gasteiger partial charge in [-0.25, -0.2) is 0 Å². The number of nitriles is 1. The van der Waals surface area contributed by atoms with Crippen molar-refractivity contribution in [1.82, 2.24) is 4.90 Å². The topological polar surface area (TPSA) is 96.1 Å². The fraction of sp³-hybridized carbons (Fsp3) is 0.200. The summed E-state index contributed by atoms with van der Waals surface area (Å²) in [6, 6.07) is 6.79. The summed E-state index contributed by atoms with van der Waals surface area (Å²) >= 11 is 6.26. The fourth-order valence-corrected chi connectivity index (χ4v) is 3.13. The van der Waals surface area contributed by atoms with E-state index in [-0.39, 0.29) is 0 Å². The fourth-order valence-electron chi connectivity index (χ4n) is 2.79. The van der Waals surface area contributed by atoms with Gasteiger partial charge in [0.05, 0.1) is 11.6 Å². The minimum atomic E-state index is -1.13. The lowest BCUT2D eigenvalue weighted by atomic mass is 9.86. The molecule has 4 N–H and O–H groups in total. The van der Waals surface area contributed by atoms with Gasteiger partial charge in [-0.3, -0.25) is 4.79 Å². The van der Waals surface area contributed by atoms with Crippen molar-refractivity contribution in [2.75, 3.05) is 0 Å². The van der Waals surface area contributed by atoms with Gasteiger partial charge in [-0.05, 0) is 31.2 Å². The number of primary amides is 1. The first-order valence-corrected chi connectivity index (χ1v) is 6.71. The van der Waals surface area contributed by atoms with Gasteiger partial charge in [-0.2, -0.15) is 5.26 Å². The quantitative estimate of drug-likeness (QED) is 0.891. The molecule has 0 saturated carbocycles. The molecular weight excluding hydrogens is 288 g/mol. The molecule has 1 saturated heterocycles. The largest absolute Gasteiger partial charge is 0.403 e. The van der Waals surface area contributed by atoms with Crippen LogP contribution in [0.4, 0.5) is 0 Å². The first kappa shape index (κ1) is 14.9. The number of rotatable bonds is 3. The van der Waals surface area contributed by atoms with Crippen LogP contribution in [0.3, 0.4) is 0 Å². The second-order valence-electron chi connectivity index (χ2n) is 4.74. The van der Waals surface area contributed by atoms with Crippen molar-refractivity contribution in [2.45, 2.75) is 18.4 Å². The highest BCUT2D eigenvalue weighted by molar-refractivity contribution is 6.32. The van der Waals surface area contributed by atoms with Crippen LogP contribution >= 0.6 is 11.6 Å². The number of carbonyl (C=O) groups excluding carboxylic acids is 1. The summed E-state index contributed by atoms with van der Waals surface area (Å²) in [6.45, 7) is 3.73. The molecular formula is C15H15ClN4O. The molecule has 6 heteroatoms. The van der Waals surface area contributed by atoms with Crippen LogP contribution in [-0.4, -0.2) is 10.8 Å². The standard InChI is InChI=1S/C15H15ClN4O/c1-2-20-11(9-18)5-6-15(20,14(19)21)12-4-3-10(8-17)7-13(12)16/h2-4,7,9H,1,5-6,18H2,(H2,19,21)/b11-9-. The Morgan fingerprint density at radius 1 is 1.57 bits per heavy atom. The van der Waals surface area contributed by atoms with Crippen LogP contribution in [-0.2, 0) is 10.3 Å². The summed E-state index contributed by atoms with van der Waals surface area (Å²) in [7, 11) is 0. The highest BCUT2D eigenvalue weighted by atomic mass is 35.5. The molecule has 1 amide bonds. The maximum Gasteiger partial charge on any atom is 0.248 e. The summed E-state index contributed by atoms with van der Waals surface area (Å²) in [5.74, 6) is -0.536. The molecule has 1 unspecified atom stereocenters. The summed E-state index contributed by atoms with van der Waals surface area (Å²) in [4.78, 5) is 13.9. The Kier molecular flexibility index (Phi) is 3.92. The number of halogens is 1. The van der Waals surface area contributed by atoms with Crippen LogP contribution in [0.5, 0.6) is 0 Å². The lowest BCUT2D eigenvalue weighted by Crippen LogP contribution is -2.48. The molecule has 1 fully saturated rings. The third-order valence-electron chi connectivity index (χ3n) is 3.79. The third-order valence-corrected chi connectivity index (χ3v) is 4.10. The number of hydrogen-bond donors (Lipinski definition) is 2. The second kappa shape index (κ2) is 5.51. The number of carbonyl (C=O) groups is 1. The number of amides is 1. The van der Waals surface area contributed by atoms with E-state index in [0.717, 1.165) is 5.70 Å². The second-order valence-corrected chi connectivity index (χ2v) is 5.15. The van der Waals surface area contributed by atoms with Crippen LogP contribution in [0.1, 0.15) is 24.0 Å². The highest BCUT2D eigenvalue weighted by Crippen LogP contribution is 2.46. The summed E-state index contributed by atoms with van der Waals surface area (Å²) < 4.78 is 0. The first-order valence-electron chi connectivity index (χ1n) is 6.34. The maximum absolute atomic E-state index is 12.2. The molecule has 1 aliphatic heterocycles. The zero-order chi connectivity index (χ0) is 15.6. The minimum absolute atomic E-state index is 0.318. The van der Waals surface area contributed by atoms with Gasteiger partial charge >= 0.3 is 0 Å². The maximum atomic E-state index is 12.2. The van der Waals surface area contributed by atoms with E-state index in [2.05, 4.69) is 6.58 Å². The van der Waals surface area contributed by atoms with Crippen molar-refractivity contribution in [1.29, 1.82) is 5.26 Å². The van der Waals surface area contributed by atoms with Gasteiger partial charge in [0.1, 0.15) is 5.54 Å². The van der Waals surface area contributed by atoms with E-state index in [9.17, 15) is 4.79 Å². The van der Waals surface area contributed by atoms with Crippen molar-refractivity contribution in [3.05, 3.63) is 59.0 Å². The first-order chi connectivity index (χ1) is 10.0. The molecule has 1 aromatic rings. The molecule has 0 aliphatic carbocycles. The molecule has 1 atom stereocenters. The number of allylic oxidation sites excluding steroid dienone is 1. The van der Waals surface area contributed by atoms with E-state index in [1.807, 2.05) is 6.07 Å². The van der Waals surface area contributed by atoms with Crippen LogP contribution in [0.15, 0.2) is 42.9 Å². The average Bonchev–Trinajstić information content (AvgIpc) is 2.86. The number of likely N-dealkylation sites (tertiary alicyclic amines) is 1. The zero-order valence-corrected chi connectivity index (χ0v) is 12.1. The lowest BCUT2D eigenvalue weighted by molar-refractivity contribution is -0.127. The number of nitrogens with zero attached hydrogens (tertiary/aromatic N) is 2. The lowest BCUT2D eigenvalue weighted by Gasteiger charge is -2.36. The van der Waals surface area contributed by atoms with E-state index in [4.69, 9.17) is 28.3 Å². The Balaban J connectivity index is 2.68. The molecule has 108 valence electrons. The van der Waals surface area contributed by atoms with E-state index in [1.54, 1.807) is 17.0 Å². The molecule has 0 bridgehead atoms. The summed E-state index contributed by atoms with van der Waals surface area (Å²) in [5.41, 5.74) is 11.9. The van der Waals surface area contributed by atoms with E-state index < -0.39 is 11.4 Å². The number of benzene rings is 1. The van der Waals surface area contributed by atoms with Gasteiger partial charge in [-0.1, -0.05) is 24.2 Å². The Hall–Kier alpha value is -2.45. The number of nitrogens with two attached hydrogens (primary N) is 2. The van der Waals surface area contributed by atoms with Crippen LogP contribution in [0, 0.1) is 11.3 Å². The minimum Gasteiger partial charge on any atom is -0.403 e. The van der Waals surface area contributed by atoms with Gasteiger partial charge in [0.2, 0.25) is 5.91 Å². The molecule has 1 aliphatic rings.